The third kappa shape index (κ3) is 3.05. The highest BCUT2D eigenvalue weighted by Crippen LogP contribution is 2.32. The molecule has 1 aromatic carbocycles. The van der Waals surface area contributed by atoms with Gasteiger partial charge in [-0.15, -0.1) is 0 Å². The minimum Gasteiger partial charge on any atom is -0.396 e. The topological polar surface area (TPSA) is 58.0 Å². The second-order valence-electron chi connectivity index (χ2n) is 6.60. The van der Waals surface area contributed by atoms with E-state index in [1.807, 2.05) is 18.2 Å². The molecule has 2 aromatic rings. The van der Waals surface area contributed by atoms with Gasteiger partial charge in [0.15, 0.2) is 0 Å². The quantitative estimate of drug-likeness (QED) is 0.943. The molecule has 0 saturated carbocycles. The monoisotopic (exact) mass is 308 g/mol. The van der Waals surface area contributed by atoms with Crippen molar-refractivity contribution in [2.24, 2.45) is 5.92 Å². The standard InChI is InChI=1S/C19H24N4/c1-14-7-9-22(10-8-14)19-18(21)11-17(12-20)23(19)13-16-6-4-3-5-15(16)2/h3-6,11,14H,7-10,13,21H2,1-2H3. The predicted octanol–water partition coefficient (Wildman–Crippen LogP) is 3.54. The Bertz CT molecular complexity index is 730. The van der Waals surface area contributed by atoms with E-state index >= 15 is 0 Å². The fourth-order valence-electron chi connectivity index (χ4n) is 3.34. The lowest BCUT2D eigenvalue weighted by Gasteiger charge is -2.33. The molecular weight excluding hydrogens is 284 g/mol. The van der Waals surface area contributed by atoms with E-state index < -0.39 is 0 Å². The average Bonchev–Trinajstić information content (AvgIpc) is 2.86. The van der Waals surface area contributed by atoms with Crippen molar-refractivity contribution in [3.05, 3.63) is 47.2 Å². The summed E-state index contributed by atoms with van der Waals surface area (Å²) in [4.78, 5) is 2.34. The summed E-state index contributed by atoms with van der Waals surface area (Å²) >= 11 is 0. The van der Waals surface area contributed by atoms with Crippen LogP contribution >= 0.6 is 0 Å². The molecule has 120 valence electrons. The van der Waals surface area contributed by atoms with Gasteiger partial charge >= 0.3 is 0 Å². The Kier molecular flexibility index (Phi) is 4.29. The first-order valence-electron chi connectivity index (χ1n) is 8.28. The SMILES string of the molecule is Cc1ccccc1Cn1c(C#N)cc(N)c1N1CCC(C)CC1. The van der Waals surface area contributed by atoms with E-state index in [1.165, 1.54) is 24.0 Å². The number of benzene rings is 1. The lowest BCUT2D eigenvalue weighted by atomic mass is 9.99. The predicted molar refractivity (Wildman–Crippen MR) is 94.5 cm³/mol. The van der Waals surface area contributed by atoms with Gasteiger partial charge in [-0.3, -0.25) is 0 Å². The van der Waals surface area contributed by atoms with Crippen molar-refractivity contribution < 1.29 is 0 Å². The number of hydrogen-bond donors (Lipinski definition) is 1. The van der Waals surface area contributed by atoms with Gasteiger partial charge in [0, 0.05) is 13.1 Å². The summed E-state index contributed by atoms with van der Waals surface area (Å²) in [5.41, 5.74) is 10.1. The van der Waals surface area contributed by atoms with Crippen molar-refractivity contribution in [2.45, 2.75) is 33.2 Å². The Morgan fingerprint density at radius 3 is 2.61 bits per heavy atom. The number of rotatable bonds is 3. The van der Waals surface area contributed by atoms with Gasteiger partial charge in [-0.1, -0.05) is 31.2 Å². The summed E-state index contributed by atoms with van der Waals surface area (Å²) in [6, 6.07) is 12.4. The zero-order chi connectivity index (χ0) is 16.4. The van der Waals surface area contributed by atoms with Gasteiger partial charge in [0.25, 0.3) is 0 Å². The van der Waals surface area contributed by atoms with Crippen LogP contribution in [0.2, 0.25) is 0 Å². The molecule has 1 fully saturated rings. The van der Waals surface area contributed by atoms with Crippen LogP contribution in [0, 0.1) is 24.2 Å². The van der Waals surface area contributed by atoms with E-state index in [1.54, 1.807) is 0 Å². The number of nitrogens with two attached hydrogens (primary N) is 1. The zero-order valence-electron chi connectivity index (χ0n) is 13.9. The second-order valence-corrected chi connectivity index (χ2v) is 6.60. The molecule has 1 aromatic heterocycles. The average molecular weight is 308 g/mol. The van der Waals surface area contributed by atoms with Gasteiger partial charge in [0.2, 0.25) is 0 Å². The maximum atomic E-state index is 9.50. The van der Waals surface area contributed by atoms with E-state index in [2.05, 4.69) is 41.5 Å². The molecule has 23 heavy (non-hydrogen) atoms. The largest absolute Gasteiger partial charge is 0.396 e. The fraction of sp³-hybridized carbons (Fsp3) is 0.421. The molecule has 2 heterocycles. The molecule has 1 aliphatic rings. The van der Waals surface area contributed by atoms with Crippen LogP contribution in [-0.4, -0.2) is 17.7 Å². The molecule has 0 radical (unpaired) electrons. The van der Waals surface area contributed by atoms with Crippen molar-refractivity contribution in [3.8, 4) is 6.07 Å². The van der Waals surface area contributed by atoms with E-state index in [0.29, 0.717) is 17.9 Å². The number of nitriles is 1. The molecule has 0 spiro atoms. The molecule has 0 bridgehead atoms. The molecule has 4 nitrogen and oxygen atoms in total. The third-order valence-corrected chi connectivity index (χ3v) is 4.88. The van der Waals surface area contributed by atoms with Crippen LogP contribution in [0.25, 0.3) is 0 Å². The summed E-state index contributed by atoms with van der Waals surface area (Å²) in [6.45, 7) is 7.11. The van der Waals surface area contributed by atoms with Gasteiger partial charge in [0.05, 0.1) is 12.2 Å². The van der Waals surface area contributed by atoms with Crippen LogP contribution < -0.4 is 10.6 Å². The Balaban J connectivity index is 1.98. The first-order chi connectivity index (χ1) is 11.1. The lowest BCUT2D eigenvalue weighted by molar-refractivity contribution is 0.434. The Hall–Kier alpha value is -2.41. The lowest BCUT2D eigenvalue weighted by Crippen LogP contribution is -2.35. The number of nitrogen functional groups attached to an aromatic ring is 1. The van der Waals surface area contributed by atoms with Gasteiger partial charge < -0.3 is 15.2 Å². The van der Waals surface area contributed by atoms with Crippen LogP contribution in [0.1, 0.15) is 36.6 Å². The molecule has 0 aliphatic carbocycles. The fourth-order valence-corrected chi connectivity index (χ4v) is 3.34. The van der Waals surface area contributed by atoms with Crippen molar-refractivity contribution in [2.75, 3.05) is 23.7 Å². The number of aryl methyl sites for hydroxylation is 1. The maximum absolute atomic E-state index is 9.50. The van der Waals surface area contributed by atoms with Gasteiger partial charge in [-0.2, -0.15) is 5.26 Å². The van der Waals surface area contributed by atoms with Crippen LogP contribution in [0.3, 0.4) is 0 Å². The maximum Gasteiger partial charge on any atom is 0.133 e. The number of anilines is 2. The third-order valence-electron chi connectivity index (χ3n) is 4.88. The summed E-state index contributed by atoms with van der Waals surface area (Å²) in [5, 5.41) is 9.50. The summed E-state index contributed by atoms with van der Waals surface area (Å²) in [7, 11) is 0. The molecule has 0 atom stereocenters. The van der Waals surface area contributed by atoms with Crippen molar-refractivity contribution in [3.63, 3.8) is 0 Å². The van der Waals surface area contributed by atoms with E-state index in [-0.39, 0.29) is 0 Å². The first-order valence-corrected chi connectivity index (χ1v) is 8.28. The number of aromatic nitrogens is 1. The molecular formula is C19H24N4. The van der Waals surface area contributed by atoms with Crippen LogP contribution in [-0.2, 0) is 6.54 Å². The minimum atomic E-state index is 0.638. The molecule has 0 amide bonds. The van der Waals surface area contributed by atoms with Crippen molar-refractivity contribution in [1.29, 1.82) is 5.26 Å². The molecule has 4 heteroatoms. The molecule has 3 rings (SSSR count). The molecule has 1 saturated heterocycles. The van der Waals surface area contributed by atoms with Gasteiger partial charge in [0.1, 0.15) is 17.6 Å². The summed E-state index contributed by atoms with van der Waals surface area (Å²) < 4.78 is 2.08. The van der Waals surface area contributed by atoms with E-state index in [0.717, 1.165) is 24.8 Å². The van der Waals surface area contributed by atoms with Gasteiger partial charge in [-0.05, 0) is 42.9 Å². The smallest absolute Gasteiger partial charge is 0.133 e. The van der Waals surface area contributed by atoms with Crippen molar-refractivity contribution >= 4 is 11.5 Å². The first kappa shape index (κ1) is 15.5. The van der Waals surface area contributed by atoms with Crippen LogP contribution in [0.4, 0.5) is 11.5 Å². The molecule has 0 unspecified atom stereocenters. The van der Waals surface area contributed by atoms with Crippen LogP contribution in [0.5, 0.6) is 0 Å². The normalized spacial score (nSPS) is 15.6. The zero-order valence-corrected chi connectivity index (χ0v) is 13.9. The molecule has 2 N–H and O–H groups in total. The Morgan fingerprint density at radius 1 is 1.26 bits per heavy atom. The highest BCUT2D eigenvalue weighted by atomic mass is 15.3. The number of hydrogen-bond acceptors (Lipinski definition) is 3. The second kappa shape index (κ2) is 6.37. The minimum absolute atomic E-state index is 0.638. The van der Waals surface area contributed by atoms with Crippen molar-refractivity contribution in [1.82, 2.24) is 4.57 Å². The highest BCUT2D eigenvalue weighted by molar-refractivity contribution is 5.68. The van der Waals surface area contributed by atoms with Crippen LogP contribution in [0.15, 0.2) is 30.3 Å². The summed E-state index contributed by atoms with van der Waals surface area (Å²) in [6.07, 6.45) is 2.35. The number of piperidine rings is 1. The highest BCUT2D eigenvalue weighted by Gasteiger charge is 2.23. The molecule has 1 aliphatic heterocycles. The van der Waals surface area contributed by atoms with E-state index in [9.17, 15) is 5.26 Å². The summed E-state index contributed by atoms with van der Waals surface area (Å²) in [5.74, 6) is 1.78. The van der Waals surface area contributed by atoms with E-state index in [4.69, 9.17) is 5.73 Å². The Morgan fingerprint density at radius 2 is 1.96 bits per heavy atom. The van der Waals surface area contributed by atoms with Gasteiger partial charge in [-0.25, -0.2) is 0 Å². The Labute approximate surface area is 138 Å². The number of nitrogens with zero attached hydrogens (tertiary/aromatic N) is 3.